The zero-order valence-corrected chi connectivity index (χ0v) is 11.7. The first-order valence-electron chi connectivity index (χ1n) is 5.19. The molecule has 0 radical (unpaired) electrons. The molecule has 0 fully saturated rings. The van der Waals surface area contributed by atoms with Crippen LogP contribution in [0.25, 0.3) is 0 Å². The number of aryl methyl sites for hydroxylation is 2. The van der Waals surface area contributed by atoms with Gasteiger partial charge < -0.3 is 4.74 Å². The summed E-state index contributed by atoms with van der Waals surface area (Å²) in [5.41, 5.74) is 5.28. The smallest absolute Gasteiger partial charge is 0.117 e. The predicted octanol–water partition coefficient (Wildman–Crippen LogP) is 4.26. The molecule has 0 aliphatic carbocycles. The quantitative estimate of drug-likeness (QED) is 0.746. The Hall–Kier alpha value is -0.340. The van der Waals surface area contributed by atoms with Crippen molar-refractivity contribution >= 4 is 15.9 Å². The van der Waals surface area contributed by atoms with Crippen LogP contribution in [0.3, 0.4) is 0 Å². The maximum Gasteiger partial charge on any atom is 0.117 e. The van der Waals surface area contributed by atoms with Gasteiger partial charge in [-0.3, -0.25) is 0 Å². The summed E-state index contributed by atoms with van der Waals surface area (Å²) < 4.78 is 5.43. The first-order valence-corrected chi connectivity index (χ1v) is 5.98. The zero-order valence-electron chi connectivity index (χ0n) is 10.1. The van der Waals surface area contributed by atoms with Gasteiger partial charge in [0.25, 0.3) is 0 Å². The second-order valence-electron chi connectivity index (χ2n) is 4.51. The zero-order chi connectivity index (χ0) is 11.6. The fraction of sp³-hybridized carbons (Fsp3) is 0.538. The highest BCUT2D eigenvalue weighted by Gasteiger charge is 2.12. The van der Waals surface area contributed by atoms with E-state index in [0.29, 0.717) is 6.61 Å². The average Bonchev–Trinajstić information content (AvgIpc) is 2.09. The van der Waals surface area contributed by atoms with Crippen molar-refractivity contribution in [3.63, 3.8) is 0 Å². The van der Waals surface area contributed by atoms with Crippen molar-refractivity contribution < 1.29 is 4.74 Å². The minimum atomic E-state index is -0.250. The Morgan fingerprint density at radius 1 is 1.13 bits per heavy atom. The molecule has 1 aromatic carbocycles. The van der Waals surface area contributed by atoms with Crippen LogP contribution in [0.1, 0.15) is 36.1 Å². The lowest BCUT2D eigenvalue weighted by atomic mass is 10.0. The molecule has 0 aliphatic heterocycles. The van der Waals surface area contributed by atoms with Crippen molar-refractivity contribution in [3.05, 3.63) is 34.4 Å². The molecule has 1 rings (SSSR count). The topological polar surface area (TPSA) is 9.23 Å². The van der Waals surface area contributed by atoms with Crippen LogP contribution in [-0.2, 0) is 11.3 Å². The van der Waals surface area contributed by atoms with E-state index in [1.165, 1.54) is 22.3 Å². The Morgan fingerprint density at radius 2 is 1.60 bits per heavy atom. The molecule has 0 unspecified atom stereocenters. The van der Waals surface area contributed by atoms with Crippen LogP contribution < -0.4 is 0 Å². The van der Waals surface area contributed by atoms with Gasteiger partial charge in [-0.05, 0) is 56.9 Å². The van der Waals surface area contributed by atoms with E-state index in [4.69, 9.17) is 4.74 Å². The highest BCUT2D eigenvalue weighted by molar-refractivity contribution is 9.10. The van der Waals surface area contributed by atoms with Crippen molar-refractivity contribution in [2.45, 2.75) is 45.7 Å². The number of hydrogen-bond donors (Lipinski definition) is 0. The van der Waals surface area contributed by atoms with E-state index in [9.17, 15) is 0 Å². The van der Waals surface area contributed by atoms with E-state index >= 15 is 0 Å². The molecule has 0 saturated carbocycles. The van der Waals surface area contributed by atoms with Crippen LogP contribution >= 0.6 is 15.9 Å². The second kappa shape index (κ2) is 4.67. The molecule has 0 heterocycles. The van der Waals surface area contributed by atoms with E-state index in [0.717, 1.165) is 0 Å². The molecular formula is C13H19BrO. The van der Waals surface area contributed by atoms with Crippen molar-refractivity contribution in [3.8, 4) is 0 Å². The highest BCUT2D eigenvalue weighted by Crippen LogP contribution is 2.21. The Morgan fingerprint density at radius 3 is 2.00 bits per heavy atom. The third-order valence-corrected chi connectivity index (χ3v) is 2.80. The number of benzene rings is 1. The Bertz CT molecular complexity index is 327. The molecule has 0 N–H and O–H groups in total. The molecule has 1 aromatic rings. The predicted molar refractivity (Wildman–Crippen MR) is 68.4 cm³/mol. The molecule has 15 heavy (non-hydrogen) atoms. The van der Waals surface area contributed by atoms with Crippen LogP contribution in [0.15, 0.2) is 12.1 Å². The van der Waals surface area contributed by atoms with Crippen molar-refractivity contribution in [1.29, 1.82) is 0 Å². The first-order chi connectivity index (χ1) is 6.79. The summed E-state index contributed by atoms with van der Waals surface area (Å²) in [6.07, 6.45) is 0. The lowest BCUT2D eigenvalue weighted by Crippen LogP contribution is -2.14. The molecule has 0 aromatic heterocycles. The van der Waals surface area contributed by atoms with Crippen molar-refractivity contribution in [1.82, 2.24) is 0 Å². The SMILES string of the molecule is Cc1cc(COC(C)(C)Br)cc(C)c1C. The van der Waals surface area contributed by atoms with Crippen molar-refractivity contribution in [2.24, 2.45) is 0 Å². The second-order valence-corrected chi connectivity index (χ2v) is 6.42. The van der Waals surface area contributed by atoms with Gasteiger partial charge in [-0.2, -0.15) is 0 Å². The van der Waals surface area contributed by atoms with E-state index < -0.39 is 0 Å². The summed E-state index contributed by atoms with van der Waals surface area (Å²) in [6, 6.07) is 4.39. The third-order valence-electron chi connectivity index (χ3n) is 2.57. The van der Waals surface area contributed by atoms with Gasteiger partial charge in [-0.15, -0.1) is 0 Å². The normalized spacial score (nSPS) is 11.9. The lowest BCUT2D eigenvalue weighted by molar-refractivity contribution is 0.0449. The molecule has 0 spiro atoms. The monoisotopic (exact) mass is 270 g/mol. The van der Waals surface area contributed by atoms with Gasteiger partial charge in [0.1, 0.15) is 4.51 Å². The van der Waals surface area contributed by atoms with Crippen LogP contribution in [-0.4, -0.2) is 4.51 Å². The third kappa shape index (κ3) is 3.96. The molecule has 0 amide bonds. The summed E-state index contributed by atoms with van der Waals surface area (Å²) >= 11 is 3.47. The molecule has 0 atom stereocenters. The molecule has 0 aliphatic rings. The standard InChI is InChI=1S/C13H19BrO/c1-9-6-12(7-10(2)11(9)3)8-15-13(4,5)14/h6-7H,8H2,1-5H3. The summed E-state index contributed by atoms with van der Waals surface area (Å²) in [4.78, 5) is 0. The van der Waals surface area contributed by atoms with E-state index in [1.54, 1.807) is 0 Å². The maximum atomic E-state index is 5.68. The molecule has 0 bridgehead atoms. The van der Waals surface area contributed by atoms with Crippen LogP contribution in [0.2, 0.25) is 0 Å². The molecule has 0 saturated heterocycles. The molecular weight excluding hydrogens is 252 g/mol. The average molecular weight is 271 g/mol. The number of ether oxygens (including phenoxy) is 1. The van der Waals surface area contributed by atoms with Gasteiger partial charge in [0.15, 0.2) is 0 Å². The molecule has 2 heteroatoms. The largest absolute Gasteiger partial charge is 0.360 e. The Kier molecular flexibility index (Phi) is 3.96. The number of halogens is 1. The minimum absolute atomic E-state index is 0.250. The molecule has 84 valence electrons. The fourth-order valence-corrected chi connectivity index (χ4v) is 1.58. The van der Waals surface area contributed by atoms with E-state index in [2.05, 4.69) is 48.8 Å². The summed E-state index contributed by atoms with van der Waals surface area (Å²) in [7, 11) is 0. The van der Waals surface area contributed by atoms with Crippen molar-refractivity contribution in [2.75, 3.05) is 0 Å². The van der Waals surface area contributed by atoms with Gasteiger partial charge >= 0.3 is 0 Å². The summed E-state index contributed by atoms with van der Waals surface area (Å²) in [5.74, 6) is 0. The van der Waals surface area contributed by atoms with Gasteiger partial charge in [-0.1, -0.05) is 28.1 Å². The number of rotatable bonds is 3. The van der Waals surface area contributed by atoms with E-state index in [-0.39, 0.29) is 4.51 Å². The fourth-order valence-electron chi connectivity index (χ4n) is 1.46. The lowest BCUT2D eigenvalue weighted by Gasteiger charge is -2.18. The molecule has 1 nitrogen and oxygen atoms in total. The number of alkyl halides is 1. The maximum absolute atomic E-state index is 5.68. The van der Waals surface area contributed by atoms with Crippen LogP contribution in [0.5, 0.6) is 0 Å². The van der Waals surface area contributed by atoms with Crippen LogP contribution in [0, 0.1) is 20.8 Å². The van der Waals surface area contributed by atoms with Gasteiger partial charge in [0.2, 0.25) is 0 Å². The van der Waals surface area contributed by atoms with E-state index in [1.807, 2.05) is 13.8 Å². The van der Waals surface area contributed by atoms with Crippen LogP contribution in [0.4, 0.5) is 0 Å². The Labute approximate surface area is 101 Å². The summed E-state index contributed by atoms with van der Waals surface area (Å²) in [5, 5.41) is 0. The highest BCUT2D eigenvalue weighted by atomic mass is 79.9. The van der Waals surface area contributed by atoms with Gasteiger partial charge in [-0.25, -0.2) is 0 Å². The minimum Gasteiger partial charge on any atom is -0.360 e. The van der Waals surface area contributed by atoms with Gasteiger partial charge in [0.05, 0.1) is 6.61 Å². The Balaban J connectivity index is 2.80. The summed E-state index contributed by atoms with van der Waals surface area (Å²) in [6.45, 7) is 11.1. The first kappa shape index (κ1) is 12.7. The number of hydrogen-bond acceptors (Lipinski definition) is 1. The van der Waals surface area contributed by atoms with Gasteiger partial charge in [0, 0.05) is 0 Å².